The van der Waals surface area contributed by atoms with Crippen LogP contribution in [0, 0.1) is 5.92 Å². The van der Waals surface area contributed by atoms with Gasteiger partial charge in [0.25, 0.3) is 0 Å². The van der Waals surface area contributed by atoms with Crippen molar-refractivity contribution in [1.29, 1.82) is 0 Å². The zero-order chi connectivity index (χ0) is 14.9. The van der Waals surface area contributed by atoms with Crippen LogP contribution in [0.5, 0.6) is 5.75 Å². The van der Waals surface area contributed by atoms with Gasteiger partial charge in [0, 0.05) is 12.6 Å². The first-order chi connectivity index (χ1) is 9.32. The molecule has 0 amide bonds. The largest absolute Gasteiger partial charge is 0.506 e. The summed E-state index contributed by atoms with van der Waals surface area (Å²) in [5.41, 5.74) is 5.69. The minimum absolute atomic E-state index is 0.0886. The minimum atomic E-state index is -3.53. The van der Waals surface area contributed by atoms with Crippen molar-refractivity contribution in [1.82, 2.24) is 4.31 Å². The predicted octanol–water partition coefficient (Wildman–Crippen LogP) is 2.17. The topological polar surface area (TPSA) is 83.6 Å². The van der Waals surface area contributed by atoms with E-state index in [0.717, 1.165) is 19.3 Å². The summed E-state index contributed by atoms with van der Waals surface area (Å²) in [6.07, 6.45) is 2.68. The van der Waals surface area contributed by atoms with Crippen LogP contribution in [0.2, 0.25) is 0 Å². The Hall–Kier alpha value is -1.27. The molecule has 0 aromatic heterocycles. The predicted molar refractivity (Wildman–Crippen MR) is 78.9 cm³/mol. The number of anilines is 1. The Morgan fingerprint density at radius 2 is 2.05 bits per heavy atom. The number of hydrogen-bond donors (Lipinski definition) is 2. The SMILES string of the molecule is CC(C)CCN(C1CC1)S(=O)(=O)c1ccc(O)c(N)c1. The van der Waals surface area contributed by atoms with E-state index in [1.807, 2.05) is 0 Å². The summed E-state index contributed by atoms with van der Waals surface area (Å²) in [6.45, 7) is 4.69. The van der Waals surface area contributed by atoms with E-state index >= 15 is 0 Å². The normalized spacial score (nSPS) is 16.0. The molecule has 0 unspecified atom stereocenters. The lowest BCUT2D eigenvalue weighted by Gasteiger charge is -2.23. The Bertz CT molecular complexity index is 580. The van der Waals surface area contributed by atoms with Gasteiger partial charge in [-0.2, -0.15) is 4.31 Å². The smallest absolute Gasteiger partial charge is 0.243 e. The quantitative estimate of drug-likeness (QED) is 0.623. The molecular weight excluding hydrogens is 276 g/mol. The third-order valence-corrected chi connectivity index (χ3v) is 5.43. The number of phenols is 1. The number of phenolic OH excluding ortho intramolecular Hbond substituents is 1. The number of nitrogens with two attached hydrogens (primary N) is 1. The Balaban J connectivity index is 2.27. The Kier molecular flexibility index (Phi) is 4.25. The molecule has 0 atom stereocenters. The van der Waals surface area contributed by atoms with Crippen molar-refractivity contribution in [3.05, 3.63) is 18.2 Å². The van der Waals surface area contributed by atoms with E-state index in [2.05, 4.69) is 13.8 Å². The summed E-state index contributed by atoms with van der Waals surface area (Å²) in [5.74, 6) is 0.362. The molecule has 1 aromatic rings. The molecule has 0 spiro atoms. The number of nitrogen functional groups attached to an aromatic ring is 1. The van der Waals surface area contributed by atoms with Gasteiger partial charge in [0.15, 0.2) is 0 Å². The zero-order valence-electron chi connectivity index (χ0n) is 11.9. The van der Waals surface area contributed by atoms with Crippen LogP contribution in [-0.2, 0) is 10.0 Å². The molecule has 0 bridgehead atoms. The maximum Gasteiger partial charge on any atom is 0.243 e. The van der Waals surface area contributed by atoms with Crippen LogP contribution < -0.4 is 5.73 Å². The third kappa shape index (κ3) is 3.24. The molecule has 1 aliphatic carbocycles. The number of sulfonamides is 1. The molecular formula is C14H22N2O3S. The van der Waals surface area contributed by atoms with Gasteiger partial charge in [0.2, 0.25) is 10.0 Å². The highest BCUT2D eigenvalue weighted by molar-refractivity contribution is 7.89. The highest BCUT2D eigenvalue weighted by atomic mass is 32.2. The highest BCUT2D eigenvalue weighted by Crippen LogP contribution is 2.34. The number of benzene rings is 1. The van der Waals surface area contributed by atoms with E-state index in [0.29, 0.717) is 12.5 Å². The summed E-state index contributed by atoms with van der Waals surface area (Å²) >= 11 is 0. The van der Waals surface area contributed by atoms with E-state index < -0.39 is 10.0 Å². The van der Waals surface area contributed by atoms with Crippen LogP contribution in [0.15, 0.2) is 23.1 Å². The molecule has 2 rings (SSSR count). The van der Waals surface area contributed by atoms with Crippen molar-refractivity contribution in [2.75, 3.05) is 12.3 Å². The standard InChI is InChI=1S/C14H22N2O3S/c1-10(2)7-8-16(11-3-4-11)20(18,19)12-5-6-14(17)13(15)9-12/h5-6,9-11,17H,3-4,7-8,15H2,1-2H3. The molecule has 3 N–H and O–H groups in total. The van der Waals surface area contributed by atoms with E-state index in [9.17, 15) is 13.5 Å². The molecule has 5 nitrogen and oxygen atoms in total. The summed E-state index contributed by atoms with van der Waals surface area (Å²) < 4.78 is 26.9. The van der Waals surface area contributed by atoms with Gasteiger partial charge in [0.05, 0.1) is 10.6 Å². The van der Waals surface area contributed by atoms with Crippen LogP contribution in [0.25, 0.3) is 0 Å². The summed E-state index contributed by atoms with van der Waals surface area (Å²) in [5, 5.41) is 9.41. The fourth-order valence-electron chi connectivity index (χ4n) is 2.08. The second-order valence-electron chi connectivity index (χ2n) is 5.75. The van der Waals surface area contributed by atoms with Crippen LogP contribution in [-0.4, -0.2) is 30.4 Å². The monoisotopic (exact) mass is 298 g/mol. The van der Waals surface area contributed by atoms with Gasteiger partial charge < -0.3 is 10.8 Å². The average Bonchev–Trinajstić information content (AvgIpc) is 3.16. The van der Waals surface area contributed by atoms with E-state index in [4.69, 9.17) is 5.73 Å². The lowest BCUT2D eigenvalue weighted by Crippen LogP contribution is -2.34. The number of hydrogen-bond acceptors (Lipinski definition) is 4. The second-order valence-corrected chi connectivity index (χ2v) is 7.64. The van der Waals surface area contributed by atoms with E-state index in [-0.39, 0.29) is 22.4 Å². The Morgan fingerprint density at radius 3 is 2.55 bits per heavy atom. The second kappa shape index (κ2) is 5.61. The Labute approximate surface area is 120 Å². The van der Waals surface area contributed by atoms with Crippen LogP contribution >= 0.6 is 0 Å². The summed E-state index contributed by atoms with van der Waals surface area (Å²) in [4.78, 5) is 0.156. The van der Waals surface area contributed by atoms with Crippen LogP contribution in [0.4, 0.5) is 5.69 Å². The fraction of sp³-hybridized carbons (Fsp3) is 0.571. The molecule has 0 radical (unpaired) electrons. The van der Waals surface area contributed by atoms with Gasteiger partial charge in [0.1, 0.15) is 5.75 Å². The van der Waals surface area contributed by atoms with Crippen molar-refractivity contribution in [2.24, 2.45) is 5.92 Å². The molecule has 1 aliphatic rings. The molecule has 6 heteroatoms. The van der Waals surface area contributed by atoms with Gasteiger partial charge in [-0.05, 0) is 43.4 Å². The van der Waals surface area contributed by atoms with Gasteiger partial charge in [-0.1, -0.05) is 13.8 Å². The first-order valence-electron chi connectivity index (χ1n) is 6.92. The molecule has 20 heavy (non-hydrogen) atoms. The molecule has 112 valence electrons. The van der Waals surface area contributed by atoms with Crippen molar-refractivity contribution in [3.63, 3.8) is 0 Å². The summed E-state index contributed by atoms with van der Waals surface area (Å²) in [7, 11) is -3.53. The van der Waals surface area contributed by atoms with Crippen molar-refractivity contribution in [3.8, 4) is 5.75 Å². The van der Waals surface area contributed by atoms with Gasteiger partial charge >= 0.3 is 0 Å². The van der Waals surface area contributed by atoms with Gasteiger partial charge in [-0.25, -0.2) is 8.42 Å². The number of rotatable bonds is 6. The van der Waals surface area contributed by atoms with Crippen molar-refractivity contribution in [2.45, 2.75) is 44.0 Å². The number of aromatic hydroxyl groups is 1. The maximum absolute atomic E-state index is 12.7. The molecule has 0 aliphatic heterocycles. The Morgan fingerprint density at radius 1 is 1.40 bits per heavy atom. The highest BCUT2D eigenvalue weighted by Gasteiger charge is 2.37. The lowest BCUT2D eigenvalue weighted by molar-refractivity contribution is 0.373. The first-order valence-corrected chi connectivity index (χ1v) is 8.36. The molecule has 1 saturated carbocycles. The van der Waals surface area contributed by atoms with E-state index in [1.54, 1.807) is 4.31 Å². The van der Waals surface area contributed by atoms with E-state index in [1.165, 1.54) is 18.2 Å². The maximum atomic E-state index is 12.7. The molecule has 0 saturated heterocycles. The lowest BCUT2D eigenvalue weighted by atomic mass is 10.1. The molecule has 1 fully saturated rings. The average molecular weight is 298 g/mol. The zero-order valence-corrected chi connectivity index (χ0v) is 12.7. The van der Waals surface area contributed by atoms with Crippen molar-refractivity contribution < 1.29 is 13.5 Å². The molecule has 1 aromatic carbocycles. The van der Waals surface area contributed by atoms with Crippen LogP contribution in [0.3, 0.4) is 0 Å². The third-order valence-electron chi connectivity index (χ3n) is 3.49. The van der Waals surface area contributed by atoms with Crippen molar-refractivity contribution >= 4 is 15.7 Å². The van der Waals surface area contributed by atoms with Gasteiger partial charge in [-0.15, -0.1) is 0 Å². The first kappa shape index (κ1) is 15.1. The summed E-state index contributed by atoms with van der Waals surface area (Å²) in [6, 6.07) is 4.19. The van der Waals surface area contributed by atoms with Gasteiger partial charge in [-0.3, -0.25) is 0 Å². The minimum Gasteiger partial charge on any atom is -0.506 e. The number of nitrogens with zero attached hydrogens (tertiary/aromatic N) is 1. The molecule has 0 heterocycles. The van der Waals surface area contributed by atoms with Crippen LogP contribution in [0.1, 0.15) is 33.1 Å². The fourth-order valence-corrected chi connectivity index (χ4v) is 3.81.